The largest absolute Gasteiger partial charge is 0.393 e. The monoisotopic (exact) mass is 268 g/mol. The minimum atomic E-state index is 0.249. The maximum Gasteiger partial charge on any atom is 0.0740 e. The second kappa shape index (κ2) is 5.06. The second-order valence-electron chi connectivity index (χ2n) is 6.22. The highest BCUT2D eigenvalue weighted by Gasteiger charge is 2.45. The van der Waals surface area contributed by atoms with Gasteiger partial charge in [-0.05, 0) is 44.9 Å². The molecule has 3 rings (SSSR count). The van der Waals surface area contributed by atoms with Crippen molar-refractivity contribution in [1.82, 2.24) is 4.90 Å². The summed E-state index contributed by atoms with van der Waals surface area (Å²) in [6.07, 6.45) is 9.92. The van der Waals surface area contributed by atoms with Crippen LogP contribution in [0.25, 0.3) is 0 Å². The van der Waals surface area contributed by atoms with Gasteiger partial charge in [-0.3, -0.25) is 4.90 Å². The van der Waals surface area contributed by atoms with Crippen LogP contribution in [0.3, 0.4) is 0 Å². The predicted molar refractivity (Wildman–Crippen MR) is 76.7 cm³/mol. The van der Waals surface area contributed by atoms with Crippen LogP contribution in [-0.4, -0.2) is 40.7 Å². The van der Waals surface area contributed by atoms with Gasteiger partial charge in [0.25, 0.3) is 0 Å². The van der Waals surface area contributed by atoms with Crippen molar-refractivity contribution in [1.29, 1.82) is 0 Å². The molecule has 102 valence electrons. The molecule has 0 aromatic rings. The van der Waals surface area contributed by atoms with Crippen molar-refractivity contribution in [3.8, 4) is 0 Å². The number of nitrogens with zero attached hydrogens (tertiary/aromatic N) is 1. The molecule has 2 saturated carbocycles. The SMILES string of the molecule is NC(=S)CCN(C1CC1)C1CCOC2(CCC2)C1. The molecule has 4 heteroatoms. The lowest BCUT2D eigenvalue weighted by Crippen LogP contribution is -2.53. The number of rotatable bonds is 5. The molecule has 0 aromatic heterocycles. The molecule has 1 heterocycles. The molecule has 1 unspecified atom stereocenters. The highest BCUT2D eigenvalue weighted by atomic mass is 32.1. The third-order valence-corrected chi connectivity index (χ3v) is 5.04. The second-order valence-corrected chi connectivity index (χ2v) is 6.74. The Hall–Kier alpha value is -0.190. The lowest BCUT2D eigenvalue weighted by atomic mass is 9.73. The van der Waals surface area contributed by atoms with E-state index in [4.69, 9.17) is 22.7 Å². The summed E-state index contributed by atoms with van der Waals surface area (Å²) >= 11 is 5.03. The van der Waals surface area contributed by atoms with Gasteiger partial charge in [0, 0.05) is 31.7 Å². The average Bonchev–Trinajstić information content (AvgIpc) is 3.12. The zero-order valence-corrected chi connectivity index (χ0v) is 11.9. The van der Waals surface area contributed by atoms with Gasteiger partial charge in [0.1, 0.15) is 0 Å². The van der Waals surface area contributed by atoms with E-state index in [0.29, 0.717) is 11.0 Å². The Labute approximate surface area is 115 Å². The minimum absolute atomic E-state index is 0.249. The first kappa shape index (κ1) is 12.8. The topological polar surface area (TPSA) is 38.5 Å². The summed E-state index contributed by atoms with van der Waals surface area (Å²) in [6.45, 7) is 2.00. The van der Waals surface area contributed by atoms with E-state index >= 15 is 0 Å². The molecule has 3 nitrogen and oxygen atoms in total. The molecular formula is C14H24N2OS. The molecule has 1 saturated heterocycles. The summed E-state index contributed by atoms with van der Waals surface area (Å²) in [7, 11) is 0. The van der Waals surface area contributed by atoms with Crippen molar-refractivity contribution in [2.45, 2.75) is 69.1 Å². The highest BCUT2D eigenvalue weighted by Crippen LogP contribution is 2.44. The average molecular weight is 268 g/mol. The van der Waals surface area contributed by atoms with Crippen LogP contribution in [0.1, 0.15) is 51.4 Å². The van der Waals surface area contributed by atoms with E-state index in [2.05, 4.69) is 4.90 Å². The van der Waals surface area contributed by atoms with Crippen molar-refractivity contribution in [2.75, 3.05) is 13.2 Å². The summed E-state index contributed by atoms with van der Waals surface area (Å²) in [5.74, 6) is 0. The molecule has 2 aliphatic carbocycles. The number of ether oxygens (including phenoxy) is 1. The number of hydrogen-bond acceptors (Lipinski definition) is 3. The van der Waals surface area contributed by atoms with Gasteiger partial charge in [0.05, 0.1) is 10.6 Å². The van der Waals surface area contributed by atoms with E-state index in [1.807, 2.05) is 0 Å². The Morgan fingerprint density at radius 1 is 1.28 bits per heavy atom. The third kappa shape index (κ3) is 2.70. The molecule has 3 aliphatic rings. The number of thiocarbonyl (C=S) groups is 1. The fourth-order valence-corrected chi connectivity index (χ4v) is 3.60. The molecule has 2 N–H and O–H groups in total. The van der Waals surface area contributed by atoms with Crippen LogP contribution in [0.5, 0.6) is 0 Å². The van der Waals surface area contributed by atoms with Crippen LogP contribution < -0.4 is 5.73 Å². The van der Waals surface area contributed by atoms with Gasteiger partial charge >= 0.3 is 0 Å². The van der Waals surface area contributed by atoms with Gasteiger partial charge in [-0.15, -0.1) is 0 Å². The smallest absolute Gasteiger partial charge is 0.0740 e. The molecule has 1 spiro atoms. The number of nitrogens with two attached hydrogens (primary N) is 1. The van der Waals surface area contributed by atoms with Crippen molar-refractivity contribution < 1.29 is 4.74 Å². The van der Waals surface area contributed by atoms with Gasteiger partial charge in [0.2, 0.25) is 0 Å². The Morgan fingerprint density at radius 2 is 2.06 bits per heavy atom. The first-order valence-electron chi connectivity index (χ1n) is 7.37. The standard InChI is InChI=1S/C14H24N2OS/c15-13(18)4-8-16(11-2-3-11)12-5-9-17-14(10-12)6-1-7-14/h11-12H,1-10H2,(H2,15,18). The third-order valence-electron chi connectivity index (χ3n) is 4.83. The Balaban J connectivity index is 1.60. The van der Waals surface area contributed by atoms with E-state index in [1.165, 1.54) is 44.9 Å². The summed E-state index contributed by atoms with van der Waals surface area (Å²) < 4.78 is 6.03. The fourth-order valence-electron chi connectivity index (χ4n) is 3.51. The van der Waals surface area contributed by atoms with Crippen molar-refractivity contribution >= 4 is 17.2 Å². The lowest BCUT2D eigenvalue weighted by Gasteiger charge is -2.49. The molecule has 18 heavy (non-hydrogen) atoms. The molecule has 3 fully saturated rings. The van der Waals surface area contributed by atoms with Gasteiger partial charge in [-0.2, -0.15) is 0 Å². The van der Waals surface area contributed by atoms with E-state index in [0.717, 1.165) is 25.6 Å². The van der Waals surface area contributed by atoms with Gasteiger partial charge in [-0.1, -0.05) is 12.2 Å². The quantitative estimate of drug-likeness (QED) is 0.776. The van der Waals surface area contributed by atoms with E-state index in [-0.39, 0.29) is 5.60 Å². The Kier molecular flexibility index (Phi) is 3.61. The molecule has 1 atom stereocenters. The minimum Gasteiger partial charge on any atom is -0.393 e. The van der Waals surface area contributed by atoms with Gasteiger partial charge < -0.3 is 10.5 Å². The molecular weight excluding hydrogens is 244 g/mol. The first-order chi connectivity index (χ1) is 8.69. The first-order valence-corrected chi connectivity index (χ1v) is 7.77. The zero-order valence-electron chi connectivity index (χ0n) is 11.1. The van der Waals surface area contributed by atoms with Crippen molar-refractivity contribution in [2.24, 2.45) is 5.73 Å². The van der Waals surface area contributed by atoms with Crippen LogP contribution in [0.4, 0.5) is 0 Å². The Bertz CT molecular complexity index is 326. The predicted octanol–water partition coefficient (Wildman–Crippen LogP) is 2.23. The summed E-state index contributed by atoms with van der Waals surface area (Å²) in [4.78, 5) is 3.34. The fraction of sp³-hybridized carbons (Fsp3) is 0.929. The van der Waals surface area contributed by atoms with E-state index in [1.54, 1.807) is 0 Å². The molecule has 0 aromatic carbocycles. The van der Waals surface area contributed by atoms with Gasteiger partial charge in [0.15, 0.2) is 0 Å². The summed E-state index contributed by atoms with van der Waals surface area (Å²) in [5, 5.41) is 0. The summed E-state index contributed by atoms with van der Waals surface area (Å²) in [5.41, 5.74) is 5.91. The van der Waals surface area contributed by atoms with Crippen LogP contribution in [0.2, 0.25) is 0 Å². The molecule has 0 bridgehead atoms. The van der Waals surface area contributed by atoms with Crippen LogP contribution in [0, 0.1) is 0 Å². The van der Waals surface area contributed by atoms with Crippen LogP contribution >= 0.6 is 12.2 Å². The zero-order chi connectivity index (χ0) is 12.6. The van der Waals surface area contributed by atoms with E-state index < -0.39 is 0 Å². The van der Waals surface area contributed by atoms with Crippen molar-refractivity contribution in [3.63, 3.8) is 0 Å². The highest BCUT2D eigenvalue weighted by molar-refractivity contribution is 7.80. The van der Waals surface area contributed by atoms with E-state index in [9.17, 15) is 0 Å². The Morgan fingerprint density at radius 3 is 2.61 bits per heavy atom. The number of hydrogen-bond donors (Lipinski definition) is 1. The molecule has 1 aliphatic heterocycles. The molecule has 0 amide bonds. The summed E-state index contributed by atoms with van der Waals surface area (Å²) in [6, 6.07) is 1.51. The molecule has 0 radical (unpaired) electrons. The normalized spacial score (nSPS) is 30.4. The van der Waals surface area contributed by atoms with Crippen LogP contribution in [0.15, 0.2) is 0 Å². The van der Waals surface area contributed by atoms with Crippen molar-refractivity contribution in [3.05, 3.63) is 0 Å². The maximum absolute atomic E-state index is 6.03. The maximum atomic E-state index is 6.03. The van der Waals surface area contributed by atoms with Gasteiger partial charge in [-0.25, -0.2) is 0 Å². The van der Waals surface area contributed by atoms with Crippen LogP contribution in [-0.2, 0) is 4.74 Å². The lowest BCUT2D eigenvalue weighted by molar-refractivity contribution is -0.149.